The van der Waals surface area contributed by atoms with Crippen molar-refractivity contribution in [3.05, 3.63) is 35.4 Å². The van der Waals surface area contributed by atoms with E-state index in [4.69, 9.17) is 4.74 Å². The van der Waals surface area contributed by atoms with Crippen LogP contribution in [0, 0.1) is 6.92 Å². The van der Waals surface area contributed by atoms with E-state index in [0.717, 1.165) is 5.56 Å². The molecule has 0 fully saturated rings. The van der Waals surface area contributed by atoms with Gasteiger partial charge in [0.25, 0.3) is 5.91 Å². The fourth-order valence-electron chi connectivity index (χ4n) is 1.62. The zero-order valence-corrected chi connectivity index (χ0v) is 12.2. The lowest BCUT2D eigenvalue weighted by molar-refractivity contribution is -0.145. The maximum atomic E-state index is 11.8. The Hall–Kier alpha value is -1.88. The predicted octanol–water partition coefficient (Wildman–Crippen LogP) is 1.27. The van der Waals surface area contributed by atoms with Gasteiger partial charge in [-0.3, -0.25) is 9.59 Å². The van der Waals surface area contributed by atoms with Gasteiger partial charge in [-0.05, 0) is 32.9 Å². The highest BCUT2D eigenvalue weighted by Gasteiger charge is 2.12. The highest BCUT2D eigenvalue weighted by molar-refractivity contribution is 5.94. The van der Waals surface area contributed by atoms with Gasteiger partial charge in [-0.15, -0.1) is 0 Å². The van der Waals surface area contributed by atoms with E-state index in [-0.39, 0.29) is 17.9 Å². The Balaban J connectivity index is 2.25. The normalized spacial score (nSPS) is 11.8. The van der Waals surface area contributed by atoms with Crippen LogP contribution in [-0.4, -0.2) is 37.6 Å². The van der Waals surface area contributed by atoms with Crippen molar-refractivity contribution in [3.8, 4) is 0 Å². The van der Waals surface area contributed by atoms with Crippen LogP contribution < -0.4 is 10.6 Å². The third-order valence-electron chi connectivity index (χ3n) is 2.81. The average molecular weight is 278 g/mol. The molecule has 0 aliphatic heterocycles. The molecule has 2 N–H and O–H groups in total. The van der Waals surface area contributed by atoms with Crippen LogP contribution in [0.2, 0.25) is 0 Å². The summed E-state index contributed by atoms with van der Waals surface area (Å²) in [5.74, 6) is -0.395. The van der Waals surface area contributed by atoms with Crippen molar-refractivity contribution in [1.29, 1.82) is 0 Å². The number of rotatable bonds is 7. The number of nitrogens with one attached hydrogen (secondary N) is 2. The van der Waals surface area contributed by atoms with E-state index < -0.39 is 0 Å². The largest absolute Gasteiger partial charge is 0.465 e. The van der Waals surface area contributed by atoms with Gasteiger partial charge in [-0.1, -0.05) is 17.7 Å². The first-order valence-corrected chi connectivity index (χ1v) is 6.79. The van der Waals surface area contributed by atoms with E-state index in [2.05, 4.69) is 10.6 Å². The van der Waals surface area contributed by atoms with Gasteiger partial charge in [0.1, 0.15) is 6.04 Å². The Morgan fingerprint density at radius 3 is 2.45 bits per heavy atom. The first kappa shape index (κ1) is 16.2. The molecule has 1 aromatic rings. The molecule has 5 nitrogen and oxygen atoms in total. The topological polar surface area (TPSA) is 67.4 Å². The van der Waals surface area contributed by atoms with Gasteiger partial charge in [0, 0.05) is 18.7 Å². The predicted molar refractivity (Wildman–Crippen MR) is 77.6 cm³/mol. The van der Waals surface area contributed by atoms with E-state index in [1.54, 1.807) is 26.0 Å². The molecule has 1 unspecified atom stereocenters. The summed E-state index contributed by atoms with van der Waals surface area (Å²) in [5, 5.41) is 5.79. The third kappa shape index (κ3) is 5.40. The van der Waals surface area contributed by atoms with Crippen molar-refractivity contribution in [2.75, 3.05) is 19.7 Å². The van der Waals surface area contributed by atoms with Crippen LogP contribution in [-0.2, 0) is 9.53 Å². The van der Waals surface area contributed by atoms with Crippen LogP contribution in [0.3, 0.4) is 0 Å². The second-order valence-corrected chi connectivity index (χ2v) is 4.55. The Bertz CT molecular complexity index is 443. The van der Waals surface area contributed by atoms with Crippen LogP contribution in [0.1, 0.15) is 29.8 Å². The second kappa shape index (κ2) is 8.32. The van der Waals surface area contributed by atoms with Gasteiger partial charge in [0.05, 0.1) is 6.61 Å². The molecule has 0 saturated carbocycles. The smallest absolute Gasteiger partial charge is 0.322 e. The third-order valence-corrected chi connectivity index (χ3v) is 2.81. The summed E-state index contributed by atoms with van der Waals surface area (Å²) in [7, 11) is 0. The van der Waals surface area contributed by atoms with Gasteiger partial charge in [-0.25, -0.2) is 0 Å². The molecule has 1 amide bonds. The summed E-state index contributed by atoms with van der Waals surface area (Å²) in [6, 6.07) is 7.01. The van der Waals surface area contributed by atoms with E-state index in [0.29, 0.717) is 25.3 Å². The summed E-state index contributed by atoms with van der Waals surface area (Å²) in [4.78, 5) is 23.2. The molecule has 0 spiro atoms. The fraction of sp³-hybridized carbons (Fsp3) is 0.467. The van der Waals surface area contributed by atoms with Gasteiger partial charge >= 0.3 is 5.97 Å². The highest BCUT2D eigenvalue weighted by Crippen LogP contribution is 2.02. The lowest BCUT2D eigenvalue weighted by atomic mass is 10.1. The number of esters is 1. The van der Waals surface area contributed by atoms with Crippen LogP contribution in [0.25, 0.3) is 0 Å². The second-order valence-electron chi connectivity index (χ2n) is 4.55. The van der Waals surface area contributed by atoms with E-state index in [1.165, 1.54) is 0 Å². The average Bonchev–Trinajstić information content (AvgIpc) is 2.44. The zero-order chi connectivity index (χ0) is 15.0. The minimum absolute atomic E-state index is 0.115. The number of aryl methyl sites for hydroxylation is 1. The monoisotopic (exact) mass is 278 g/mol. The SMILES string of the molecule is CCOC(=O)C(C)NCCNC(=O)c1ccc(C)cc1. The standard InChI is InChI=1S/C15H22N2O3/c1-4-20-15(19)12(3)16-9-10-17-14(18)13-7-5-11(2)6-8-13/h5-8,12,16H,4,9-10H2,1-3H3,(H,17,18). The van der Waals surface area contributed by atoms with E-state index in [9.17, 15) is 9.59 Å². The Labute approximate surface area is 119 Å². The number of carbonyl (C=O) groups excluding carboxylic acids is 2. The highest BCUT2D eigenvalue weighted by atomic mass is 16.5. The summed E-state index contributed by atoms with van der Waals surface area (Å²) < 4.78 is 4.87. The number of carbonyl (C=O) groups is 2. The fourth-order valence-corrected chi connectivity index (χ4v) is 1.62. The van der Waals surface area contributed by atoms with Crippen LogP contribution in [0.4, 0.5) is 0 Å². The lowest BCUT2D eigenvalue weighted by Crippen LogP contribution is -2.40. The van der Waals surface area contributed by atoms with Gasteiger partial charge in [0.2, 0.25) is 0 Å². The van der Waals surface area contributed by atoms with Gasteiger partial charge in [0.15, 0.2) is 0 Å². The molecule has 0 aromatic heterocycles. The number of amides is 1. The maximum Gasteiger partial charge on any atom is 0.322 e. The molecule has 5 heteroatoms. The molecule has 0 aliphatic carbocycles. The van der Waals surface area contributed by atoms with Crippen molar-refractivity contribution in [1.82, 2.24) is 10.6 Å². The van der Waals surface area contributed by atoms with Crippen molar-refractivity contribution >= 4 is 11.9 Å². The summed E-state index contributed by atoms with van der Waals surface area (Å²) in [6.45, 7) is 6.82. The summed E-state index contributed by atoms with van der Waals surface area (Å²) >= 11 is 0. The maximum absolute atomic E-state index is 11.8. The molecule has 0 radical (unpaired) electrons. The van der Waals surface area contributed by atoms with Crippen LogP contribution in [0.15, 0.2) is 24.3 Å². The van der Waals surface area contributed by atoms with Crippen molar-refractivity contribution in [3.63, 3.8) is 0 Å². The minimum Gasteiger partial charge on any atom is -0.465 e. The van der Waals surface area contributed by atoms with Crippen molar-refractivity contribution in [2.24, 2.45) is 0 Å². The molecule has 110 valence electrons. The molecule has 0 aliphatic rings. The number of hydrogen-bond acceptors (Lipinski definition) is 4. The molecule has 0 saturated heterocycles. The van der Waals surface area contributed by atoms with Gasteiger partial charge in [-0.2, -0.15) is 0 Å². The molecular formula is C15H22N2O3. The molecule has 20 heavy (non-hydrogen) atoms. The minimum atomic E-state index is -0.369. The Morgan fingerprint density at radius 1 is 1.20 bits per heavy atom. The number of benzene rings is 1. The quantitative estimate of drug-likeness (QED) is 0.582. The first-order chi connectivity index (χ1) is 9.54. The molecule has 0 bridgehead atoms. The molecule has 0 heterocycles. The van der Waals surface area contributed by atoms with E-state index >= 15 is 0 Å². The summed E-state index contributed by atoms with van der Waals surface area (Å²) in [5.41, 5.74) is 1.75. The molecule has 1 aromatic carbocycles. The Morgan fingerprint density at radius 2 is 1.85 bits per heavy atom. The van der Waals surface area contributed by atoms with Gasteiger partial charge < -0.3 is 15.4 Å². The Kier molecular flexibility index (Phi) is 6.73. The molecule has 1 rings (SSSR count). The summed E-state index contributed by atoms with van der Waals surface area (Å²) in [6.07, 6.45) is 0. The molecule has 1 atom stereocenters. The van der Waals surface area contributed by atoms with Crippen LogP contribution in [0.5, 0.6) is 0 Å². The zero-order valence-electron chi connectivity index (χ0n) is 12.2. The van der Waals surface area contributed by atoms with E-state index in [1.807, 2.05) is 19.1 Å². The number of hydrogen-bond donors (Lipinski definition) is 2. The van der Waals surface area contributed by atoms with Crippen molar-refractivity contribution in [2.45, 2.75) is 26.8 Å². The molecular weight excluding hydrogens is 256 g/mol. The van der Waals surface area contributed by atoms with Crippen molar-refractivity contribution < 1.29 is 14.3 Å². The first-order valence-electron chi connectivity index (χ1n) is 6.79. The lowest BCUT2D eigenvalue weighted by Gasteiger charge is -2.12. The van der Waals surface area contributed by atoms with Crippen LogP contribution >= 0.6 is 0 Å². The number of ether oxygens (including phenoxy) is 1.